The maximum Gasteiger partial charge on any atom is 0.0995 e. The average Bonchev–Trinajstić information content (AvgIpc) is 2.70. The first kappa shape index (κ1) is 14.4. The maximum absolute atomic E-state index is 6.22. The van der Waals surface area contributed by atoms with Crippen molar-refractivity contribution < 1.29 is 0 Å². The zero-order valence-electron chi connectivity index (χ0n) is 10.9. The van der Waals surface area contributed by atoms with Crippen molar-refractivity contribution in [2.75, 3.05) is 0 Å². The van der Waals surface area contributed by atoms with Crippen molar-refractivity contribution in [3.63, 3.8) is 0 Å². The Balaban J connectivity index is 1.87. The van der Waals surface area contributed by atoms with Crippen LogP contribution in [0, 0.1) is 0 Å². The summed E-state index contributed by atoms with van der Waals surface area (Å²) < 4.78 is 1.36. The average molecular weight is 327 g/mol. The molecule has 1 unspecified atom stereocenters. The van der Waals surface area contributed by atoms with Gasteiger partial charge in [0, 0.05) is 5.56 Å². The molecule has 0 aliphatic heterocycles. The van der Waals surface area contributed by atoms with Crippen LogP contribution >= 0.6 is 34.5 Å². The van der Waals surface area contributed by atoms with Crippen LogP contribution in [0.1, 0.15) is 47.9 Å². The molecule has 1 heterocycles. The van der Waals surface area contributed by atoms with E-state index in [-0.39, 0.29) is 6.04 Å². The third-order valence-electron chi connectivity index (χ3n) is 4.01. The molecule has 1 atom stereocenters. The molecule has 2 aromatic rings. The normalized spacial score (nSPS) is 16.9. The number of halogens is 2. The fraction of sp³-hybridized carbons (Fsp3) is 0.333. The van der Waals surface area contributed by atoms with Crippen molar-refractivity contribution in [1.82, 2.24) is 5.43 Å². The quantitative estimate of drug-likeness (QED) is 0.621. The molecule has 0 saturated heterocycles. The van der Waals surface area contributed by atoms with Crippen LogP contribution in [0.15, 0.2) is 30.3 Å². The van der Waals surface area contributed by atoms with Crippen LogP contribution in [0.3, 0.4) is 0 Å². The summed E-state index contributed by atoms with van der Waals surface area (Å²) in [7, 11) is 0. The first-order chi connectivity index (χ1) is 9.69. The highest BCUT2D eigenvalue weighted by atomic mass is 35.5. The number of nitrogens with two attached hydrogens (primary N) is 1. The molecule has 0 spiro atoms. The van der Waals surface area contributed by atoms with Crippen LogP contribution < -0.4 is 11.3 Å². The van der Waals surface area contributed by atoms with Gasteiger partial charge in [-0.1, -0.05) is 53.9 Å². The van der Waals surface area contributed by atoms with E-state index in [2.05, 4.69) is 29.7 Å². The van der Waals surface area contributed by atoms with Crippen LogP contribution in [-0.2, 0) is 0 Å². The highest BCUT2D eigenvalue weighted by Gasteiger charge is 2.21. The molecule has 0 amide bonds. The van der Waals surface area contributed by atoms with Crippen LogP contribution in [0.4, 0.5) is 0 Å². The van der Waals surface area contributed by atoms with Crippen LogP contribution in [0.5, 0.6) is 0 Å². The lowest BCUT2D eigenvalue weighted by molar-refractivity contribution is 0.419. The van der Waals surface area contributed by atoms with Gasteiger partial charge >= 0.3 is 0 Å². The molecule has 1 saturated carbocycles. The number of hydrogen-bond acceptors (Lipinski definition) is 3. The van der Waals surface area contributed by atoms with E-state index in [1.165, 1.54) is 36.2 Å². The number of thiophene rings is 1. The van der Waals surface area contributed by atoms with Crippen LogP contribution in [0.2, 0.25) is 8.67 Å². The van der Waals surface area contributed by atoms with Gasteiger partial charge in [0.2, 0.25) is 0 Å². The summed E-state index contributed by atoms with van der Waals surface area (Å²) in [5.74, 6) is 6.45. The van der Waals surface area contributed by atoms with Gasteiger partial charge in [0.1, 0.15) is 0 Å². The molecule has 20 heavy (non-hydrogen) atoms. The van der Waals surface area contributed by atoms with Crippen molar-refractivity contribution in [2.24, 2.45) is 5.84 Å². The monoisotopic (exact) mass is 326 g/mol. The Morgan fingerprint density at radius 1 is 1.20 bits per heavy atom. The number of nitrogens with one attached hydrogen (secondary N) is 1. The number of rotatable bonds is 4. The van der Waals surface area contributed by atoms with E-state index in [0.29, 0.717) is 8.67 Å². The van der Waals surface area contributed by atoms with Crippen molar-refractivity contribution >= 4 is 34.5 Å². The number of hydrazine groups is 1. The summed E-state index contributed by atoms with van der Waals surface area (Å²) in [6, 6.07) is 10.4. The van der Waals surface area contributed by atoms with Gasteiger partial charge in [0.05, 0.1) is 14.7 Å². The Morgan fingerprint density at radius 2 is 1.90 bits per heavy atom. The Kier molecular flexibility index (Phi) is 4.34. The summed E-state index contributed by atoms with van der Waals surface area (Å²) in [5, 5.41) is 0. The maximum atomic E-state index is 6.22. The van der Waals surface area contributed by atoms with Crippen LogP contribution in [-0.4, -0.2) is 0 Å². The van der Waals surface area contributed by atoms with E-state index < -0.39 is 0 Å². The molecule has 3 N–H and O–H groups in total. The molecule has 5 heteroatoms. The molecule has 2 nitrogen and oxygen atoms in total. The second kappa shape index (κ2) is 6.04. The van der Waals surface area contributed by atoms with Gasteiger partial charge in [0.15, 0.2) is 0 Å². The van der Waals surface area contributed by atoms with Crippen molar-refractivity contribution in [2.45, 2.75) is 31.2 Å². The summed E-state index contributed by atoms with van der Waals surface area (Å²) in [6.07, 6.45) is 3.97. The zero-order valence-corrected chi connectivity index (χ0v) is 13.2. The molecule has 0 bridgehead atoms. The third kappa shape index (κ3) is 2.74. The standard InChI is InChI=1S/C15H16Cl2N2S/c16-13-8-12(15(17)20-13)14(19-18)11-6-4-10(5-7-11)9-2-1-3-9/h4-9,14,19H,1-3,18H2. The van der Waals surface area contributed by atoms with E-state index in [4.69, 9.17) is 29.0 Å². The van der Waals surface area contributed by atoms with Crippen molar-refractivity contribution in [3.05, 3.63) is 55.7 Å². The van der Waals surface area contributed by atoms with Crippen molar-refractivity contribution in [3.8, 4) is 0 Å². The first-order valence-electron chi connectivity index (χ1n) is 6.69. The van der Waals surface area contributed by atoms with Gasteiger partial charge < -0.3 is 0 Å². The second-order valence-electron chi connectivity index (χ2n) is 5.17. The molecular weight excluding hydrogens is 311 g/mol. The van der Waals surface area contributed by atoms with E-state index in [1.807, 2.05) is 6.07 Å². The Labute approximate surface area is 132 Å². The lowest BCUT2D eigenvalue weighted by Crippen LogP contribution is -2.28. The minimum Gasteiger partial charge on any atom is -0.271 e. The SMILES string of the molecule is NNC(c1ccc(C2CCC2)cc1)c1cc(Cl)sc1Cl. The van der Waals surface area contributed by atoms with Gasteiger partial charge in [0.25, 0.3) is 0 Å². The molecule has 1 aliphatic rings. The molecule has 0 radical (unpaired) electrons. The van der Waals surface area contributed by atoms with E-state index in [9.17, 15) is 0 Å². The van der Waals surface area contributed by atoms with Gasteiger partial charge in [-0.25, -0.2) is 5.43 Å². The first-order valence-corrected chi connectivity index (χ1v) is 8.27. The fourth-order valence-corrected chi connectivity index (χ4v) is 4.15. The smallest absolute Gasteiger partial charge is 0.0995 e. The molecule has 1 aromatic heterocycles. The molecule has 106 valence electrons. The summed E-state index contributed by atoms with van der Waals surface area (Å²) in [6.45, 7) is 0. The summed E-state index contributed by atoms with van der Waals surface area (Å²) in [5.41, 5.74) is 6.29. The Morgan fingerprint density at radius 3 is 2.35 bits per heavy atom. The lowest BCUT2D eigenvalue weighted by atomic mass is 9.80. The number of hydrogen-bond donors (Lipinski definition) is 2. The molecule has 1 aromatic carbocycles. The minimum absolute atomic E-state index is 0.123. The predicted molar refractivity (Wildman–Crippen MR) is 86.5 cm³/mol. The summed E-state index contributed by atoms with van der Waals surface area (Å²) in [4.78, 5) is 0. The second-order valence-corrected chi connectivity index (χ2v) is 7.46. The summed E-state index contributed by atoms with van der Waals surface area (Å²) >= 11 is 13.6. The van der Waals surface area contributed by atoms with Gasteiger partial charge in [-0.2, -0.15) is 0 Å². The fourth-order valence-electron chi connectivity index (χ4n) is 2.62. The van der Waals surface area contributed by atoms with E-state index in [1.54, 1.807) is 0 Å². The molecule has 3 rings (SSSR count). The highest BCUT2D eigenvalue weighted by Crippen LogP contribution is 2.39. The molecule has 1 fully saturated rings. The lowest BCUT2D eigenvalue weighted by Gasteiger charge is -2.26. The van der Waals surface area contributed by atoms with E-state index in [0.717, 1.165) is 17.0 Å². The third-order valence-corrected chi connectivity index (χ3v) is 5.53. The topological polar surface area (TPSA) is 38.0 Å². The van der Waals surface area contributed by atoms with Crippen molar-refractivity contribution in [1.29, 1.82) is 0 Å². The minimum atomic E-state index is -0.123. The van der Waals surface area contributed by atoms with Gasteiger partial charge in [-0.3, -0.25) is 5.84 Å². The van der Waals surface area contributed by atoms with Gasteiger partial charge in [-0.15, -0.1) is 11.3 Å². The highest BCUT2D eigenvalue weighted by molar-refractivity contribution is 7.20. The Hall–Kier alpha value is -0.580. The Bertz CT molecular complexity index is 590. The van der Waals surface area contributed by atoms with Crippen LogP contribution in [0.25, 0.3) is 0 Å². The number of benzene rings is 1. The zero-order chi connectivity index (χ0) is 14.1. The largest absolute Gasteiger partial charge is 0.271 e. The molecular formula is C15H16Cl2N2S. The van der Waals surface area contributed by atoms with E-state index >= 15 is 0 Å². The predicted octanol–water partition coefficient (Wildman–Crippen LogP) is 4.88. The van der Waals surface area contributed by atoms with Gasteiger partial charge in [-0.05, 0) is 36.0 Å². The molecule has 1 aliphatic carbocycles.